The summed E-state index contributed by atoms with van der Waals surface area (Å²) in [5, 5.41) is 0. The molecule has 0 aliphatic carbocycles. The maximum absolute atomic E-state index is 12.9. The summed E-state index contributed by atoms with van der Waals surface area (Å²) in [6.45, 7) is 4.02. The van der Waals surface area contributed by atoms with Gasteiger partial charge in [0, 0.05) is 11.6 Å². The van der Waals surface area contributed by atoms with Crippen LogP contribution in [0.1, 0.15) is 30.9 Å². The van der Waals surface area contributed by atoms with Crippen molar-refractivity contribution in [2.24, 2.45) is 0 Å². The molecule has 1 heterocycles. The number of aromatic nitrogens is 2. The van der Waals surface area contributed by atoms with Crippen molar-refractivity contribution in [3.8, 4) is 0 Å². The maximum Gasteiger partial charge on any atom is 0.138 e. The van der Waals surface area contributed by atoms with Crippen molar-refractivity contribution in [1.82, 2.24) is 9.97 Å². The molecular formula is C14H14ClFN2. The smallest absolute Gasteiger partial charge is 0.138 e. The average molecular weight is 265 g/mol. The van der Waals surface area contributed by atoms with E-state index in [9.17, 15) is 4.39 Å². The highest BCUT2D eigenvalue weighted by Gasteiger charge is 2.26. The predicted octanol–water partition coefficient (Wildman–Crippen LogP) is 3.68. The second-order valence-corrected chi connectivity index (χ2v) is 4.90. The second kappa shape index (κ2) is 5.02. The van der Waals surface area contributed by atoms with Gasteiger partial charge < -0.3 is 0 Å². The standard InChI is InChI=1S/C14H14ClFN2/c1-14(2,10-3-5-11(16)6-4-10)13-17-8-7-12(9-15)18-13/h3-8H,9H2,1-2H3. The Hall–Kier alpha value is -1.48. The van der Waals surface area contributed by atoms with Crippen molar-refractivity contribution in [3.05, 3.63) is 59.4 Å². The normalized spacial score (nSPS) is 11.6. The minimum Gasteiger partial charge on any atom is -0.240 e. The Balaban J connectivity index is 2.43. The van der Waals surface area contributed by atoms with Crippen LogP contribution in [0.3, 0.4) is 0 Å². The molecule has 0 bridgehead atoms. The van der Waals surface area contributed by atoms with E-state index in [0.717, 1.165) is 11.3 Å². The monoisotopic (exact) mass is 264 g/mol. The largest absolute Gasteiger partial charge is 0.240 e. The number of rotatable bonds is 3. The first-order valence-electron chi connectivity index (χ1n) is 5.68. The fraction of sp³-hybridized carbons (Fsp3) is 0.286. The van der Waals surface area contributed by atoms with Crippen molar-refractivity contribution in [2.45, 2.75) is 25.1 Å². The topological polar surface area (TPSA) is 25.8 Å². The van der Waals surface area contributed by atoms with E-state index in [2.05, 4.69) is 9.97 Å². The molecule has 0 fully saturated rings. The van der Waals surface area contributed by atoms with Crippen molar-refractivity contribution in [1.29, 1.82) is 0 Å². The number of nitrogens with zero attached hydrogens (tertiary/aromatic N) is 2. The summed E-state index contributed by atoms with van der Waals surface area (Å²) in [5.74, 6) is 0.798. The van der Waals surface area contributed by atoms with E-state index < -0.39 is 0 Å². The molecule has 1 aromatic heterocycles. The first kappa shape index (κ1) is 13.0. The SMILES string of the molecule is CC(C)(c1ccc(F)cc1)c1nccc(CCl)n1. The third kappa shape index (κ3) is 2.51. The summed E-state index contributed by atoms with van der Waals surface area (Å²) in [7, 11) is 0. The Labute approximate surface area is 111 Å². The first-order chi connectivity index (χ1) is 8.54. The molecule has 2 nitrogen and oxygen atoms in total. The van der Waals surface area contributed by atoms with Crippen molar-refractivity contribution in [2.75, 3.05) is 0 Å². The van der Waals surface area contributed by atoms with Crippen LogP contribution in [0, 0.1) is 5.82 Å². The second-order valence-electron chi connectivity index (χ2n) is 4.64. The van der Waals surface area contributed by atoms with Crippen LogP contribution in [0.2, 0.25) is 0 Å². The van der Waals surface area contributed by atoms with E-state index in [-0.39, 0.29) is 11.2 Å². The molecule has 4 heteroatoms. The van der Waals surface area contributed by atoms with Gasteiger partial charge in [0.25, 0.3) is 0 Å². The number of alkyl halides is 1. The highest BCUT2D eigenvalue weighted by atomic mass is 35.5. The van der Waals surface area contributed by atoms with Gasteiger partial charge >= 0.3 is 0 Å². The fourth-order valence-electron chi connectivity index (χ4n) is 1.77. The molecule has 0 unspecified atom stereocenters. The summed E-state index contributed by atoms with van der Waals surface area (Å²) in [6, 6.07) is 8.19. The van der Waals surface area contributed by atoms with Gasteiger partial charge in [0.1, 0.15) is 11.6 Å². The Morgan fingerprint density at radius 1 is 1.17 bits per heavy atom. The van der Waals surface area contributed by atoms with E-state index in [4.69, 9.17) is 11.6 Å². The highest BCUT2D eigenvalue weighted by Crippen LogP contribution is 2.28. The molecule has 0 aliphatic heterocycles. The van der Waals surface area contributed by atoms with Gasteiger partial charge in [-0.25, -0.2) is 14.4 Å². The summed E-state index contributed by atoms with van der Waals surface area (Å²) >= 11 is 5.78. The van der Waals surface area contributed by atoms with Crippen LogP contribution in [0.4, 0.5) is 4.39 Å². The lowest BCUT2D eigenvalue weighted by molar-refractivity contribution is 0.580. The molecule has 0 radical (unpaired) electrons. The third-order valence-corrected chi connectivity index (χ3v) is 3.25. The zero-order valence-electron chi connectivity index (χ0n) is 10.3. The van der Waals surface area contributed by atoms with E-state index in [1.165, 1.54) is 12.1 Å². The molecule has 94 valence electrons. The Morgan fingerprint density at radius 3 is 2.44 bits per heavy atom. The van der Waals surface area contributed by atoms with Crippen molar-refractivity contribution >= 4 is 11.6 Å². The van der Waals surface area contributed by atoms with Crippen LogP contribution in [0.25, 0.3) is 0 Å². The molecule has 0 spiro atoms. The minimum atomic E-state index is -0.379. The van der Waals surface area contributed by atoms with Gasteiger partial charge in [-0.1, -0.05) is 12.1 Å². The zero-order valence-corrected chi connectivity index (χ0v) is 11.1. The van der Waals surface area contributed by atoms with E-state index in [1.54, 1.807) is 24.4 Å². The number of halogens is 2. The number of hydrogen-bond acceptors (Lipinski definition) is 2. The van der Waals surface area contributed by atoms with Crippen molar-refractivity contribution < 1.29 is 4.39 Å². The predicted molar refractivity (Wildman–Crippen MR) is 70.1 cm³/mol. The van der Waals surface area contributed by atoms with Gasteiger partial charge in [-0.15, -0.1) is 11.6 Å². The van der Waals surface area contributed by atoms with Crippen LogP contribution < -0.4 is 0 Å². The highest BCUT2D eigenvalue weighted by molar-refractivity contribution is 6.16. The molecule has 0 aliphatic rings. The molecule has 2 rings (SSSR count). The van der Waals surface area contributed by atoms with Gasteiger partial charge in [0.15, 0.2) is 0 Å². The average Bonchev–Trinajstić information content (AvgIpc) is 2.39. The van der Waals surface area contributed by atoms with Gasteiger partial charge in [0.05, 0.1) is 11.6 Å². The Morgan fingerprint density at radius 2 is 1.83 bits per heavy atom. The Bertz CT molecular complexity index is 538. The fourth-order valence-corrected chi connectivity index (χ4v) is 1.92. The first-order valence-corrected chi connectivity index (χ1v) is 6.22. The molecular weight excluding hydrogens is 251 g/mol. The number of hydrogen-bond donors (Lipinski definition) is 0. The summed E-state index contributed by atoms with van der Waals surface area (Å²) in [5.41, 5.74) is 1.38. The lowest BCUT2D eigenvalue weighted by Gasteiger charge is -2.23. The molecule has 0 N–H and O–H groups in total. The van der Waals surface area contributed by atoms with Crippen LogP contribution in [0.15, 0.2) is 36.5 Å². The van der Waals surface area contributed by atoms with E-state index in [1.807, 2.05) is 13.8 Å². The lowest BCUT2D eigenvalue weighted by atomic mass is 9.83. The lowest BCUT2D eigenvalue weighted by Crippen LogP contribution is -2.22. The molecule has 18 heavy (non-hydrogen) atoms. The van der Waals surface area contributed by atoms with Crippen LogP contribution in [-0.4, -0.2) is 9.97 Å². The number of benzene rings is 1. The van der Waals surface area contributed by atoms with E-state index >= 15 is 0 Å². The van der Waals surface area contributed by atoms with E-state index in [0.29, 0.717) is 11.7 Å². The Kier molecular flexibility index (Phi) is 3.62. The zero-order chi connectivity index (χ0) is 13.2. The maximum atomic E-state index is 12.9. The molecule has 0 atom stereocenters. The van der Waals surface area contributed by atoms with Gasteiger partial charge in [-0.2, -0.15) is 0 Å². The molecule has 2 aromatic rings. The quantitative estimate of drug-likeness (QED) is 0.791. The van der Waals surface area contributed by atoms with Crippen LogP contribution >= 0.6 is 11.6 Å². The minimum absolute atomic E-state index is 0.245. The summed E-state index contributed by atoms with van der Waals surface area (Å²) in [6.07, 6.45) is 1.70. The van der Waals surface area contributed by atoms with Crippen LogP contribution in [0.5, 0.6) is 0 Å². The molecule has 0 amide bonds. The summed E-state index contributed by atoms with van der Waals surface area (Å²) in [4.78, 5) is 8.72. The summed E-state index contributed by atoms with van der Waals surface area (Å²) < 4.78 is 12.9. The third-order valence-electron chi connectivity index (χ3n) is 2.98. The van der Waals surface area contributed by atoms with Gasteiger partial charge in [0.2, 0.25) is 0 Å². The molecule has 0 saturated heterocycles. The molecule has 1 aromatic carbocycles. The van der Waals surface area contributed by atoms with Gasteiger partial charge in [-0.3, -0.25) is 0 Å². The van der Waals surface area contributed by atoms with Crippen molar-refractivity contribution in [3.63, 3.8) is 0 Å². The van der Waals surface area contributed by atoms with Crippen LogP contribution in [-0.2, 0) is 11.3 Å². The molecule has 0 saturated carbocycles. The van der Waals surface area contributed by atoms with Gasteiger partial charge in [-0.05, 0) is 37.6 Å².